The van der Waals surface area contributed by atoms with Gasteiger partial charge in [0.15, 0.2) is 11.5 Å². The molecule has 0 fully saturated rings. The molecule has 0 spiro atoms. The summed E-state index contributed by atoms with van der Waals surface area (Å²) in [5.74, 6) is 1.53. The first-order valence-electron chi connectivity index (χ1n) is 7.73. The predicted molar refractivity (Wildman–Crippen MR) is 92.0 cm³/mol. The van der Waals surface area contributed by atoms with Crippen molar-refractivity contribution in [1.82, 2.24) is 9.88 Å². The van der Waals surface area contributed by atoms with Crippen molar-refractivity contribution in [2.75, 3.05) is 39.8 Å². The molecule has 2 aromatic rings. The maximum Gasteiger partial charge on any atom is 0.162 e. The molecular weight excluding hydrogens is 290 g/mol. The summed E-state index contributed by atoms with van der Waals surface area (Å²) in [6, 6.07) is 8.64. The van der Waals surface area contributed by atoms with Gasteiger partial charge in [0.05, 0.1) is 26.1 Å². The van der Waals surface area contributed by atoms with Gasteiger partial charge in [-0.1, -0.05) is 0 Å². The van der Waals surface area contributed by atoms with Crippen molar-refractivity contribution in [3.05, 3.63) is 42.2 Å². The smallest absolute Gasteiger partial charge is 0.162 e. The van der Waals surface area contributed by atoms with Crippen LogP contribution in [0.25, 0.3) is 0 Å². The van der Waals surface area contributed by atoms with E-state index in [2.05, 4.69) is 47.1 Å². The average molecular weight is 313 g/mol. The van der Waals surface area contributed by atoms with E-state index in [0.717, 1.165) is 35.8 Å². The van der Waals surface area contributed by atoms with Gasteiger partial charge in [-0.15, -0.1) is 0 Å². The van der Waals surface area contributed by atoms with E-state index in [-0.39, 0.29) is 0 Å². The number of hydrogen-bond acceptors (Lipinski definition) is 5. The summed E-state index contributed by atoms with van der Waals surface area (Å²) in [5, 5.41) is 0. The van der Waals surface area contributed by atoms with Gasteiger partial charge in [0.1, 0.15) is 0 Å². The number of fused-ring (bicyclic) bond motifs is 1. The zero-order chi connectivity index (χ0) is 16.4. The molecule has 0 saturated heterocycles. The minimum absolute atomic E-state index is 0.431. The van der Waals surface area contributed by atoms with E-state index in [1.54, 1.807) is 20.4 Å². The Morgan fingerprint density at radius 2 is 1.91 bits per heavy atom. The molecule has 0 radical (unpaired) electrons. The van der Waals surface area contributed by atoms with Crippen LogP contribution in [0.15, 0.2) is 36.7 Å². The van der Waals surface area contributed by atoms with Crippen molar-refractivity contribution < 1.29 is 9.47 Å². The molecule has 0 amide bonds. The topological polar surface area (TPSA) is 37.8 Å². The average Bonchev–Trinajstić information content (AvgIpc) is 2.60. The molecule has 122 valence electrons. The van der Waals surface area contributed by atoms with E-state index in [1.165, 1.54) is 5.56 Å². The van der Waals surface area contributed by atoms with Crippen LogP contribution >= 0.6 is 0 Å². The number of anilines is 2. The highest BCUT2D eigenvalue weighted by atomic mass is 16.5. The number of benzene rings is 1. The first kappa shape index (κ1) is 15.6. The van der Waals surface area contributed by atoms with E-state index in [4.69, 9.17) is 9.47 Å². The zero-order valence-corrected chi connectivity index (χ0v) is 14.1. The summed E-state index contributed by atoms with van der Waals surface area (Å²) in [4.78, 5) is 8.84. The first-order chi connectivity index (χ1) is 11.1. The van der Waals surface area contributed by atoms with Gasteiger partial charge in [0.2, 0.25) is 0 Å². The molecule has 1 aliphatic heterocycles. The Labute approximate surface area is 137 Å². The zero-order valence-electron chi connectivity index (χ0n) is 14.1. The summed E-state index contributed by atoms with van der Waals surface area (Å²) in [6.07, 6.45) is 4.68. The number of hydrogen-bond donors (Lipinski definition) is 0. The van der Waals surface area contributed by atoms with Gasteiger partial charge in [-0.3, -0.25) is 4.98 Å². The molecule has 23 heavy (non-hydrogen) atoms. The van der Waals surface area contributed by atoms with Gasteiger partial charge in [-0.05, 0) is 44.3 Å². The largest absolute Gasteiger partial charge is 0.493 e. The molecule has 1 aliphatic rings. The molecule has 1 atom stereocenters. The Bertz CT molecular complexity index is 673. The van der Waals surface area contributed by atoms with E-state index >= 15 is 0 Å². The third kappa shape index (κ3) is 2.97. The van der Waals surface area contributed by atoms with Crippen LogP contribution in [0.2, 0.25) is 0 Å². The molecule has 5 heteroatoms. The molecular formula is C18H23N3O2. The summed E-state index contributed by atoms with van der Waals surface area (Å²) in [5.41, 5.74) is 3.51. The molecule has 3 rings (SSSR count). The fourth-order valence-electron chi connectivity index (χ4n) is 3.06. The van der Waals surface area contributed by atoms with Crippen molar-refractivity contribution in [1.29, 1.82) is 0 Å². The monoisotopic (exact) mass is 313 g/mol. The van der Waals surface area contributed by atoms with Gasteiger partial charge < -0.3 is 19.3 Å². The Balaban J connectivity index is 2.11. The molecule has 0 bridgehead atoms. The second kappa shape index (κ2) is 6.46. The van der Waals surface area contributed by atoms with Crippen LogP contribution in [0.4, 0.5) is 11.4 Å². The fourth-order valence-corrected chi connectivity index (χ4v) is 3.06. The SMILES string of the molecule is COc1cc2c(cc1OC)N(c1cccnc1)CC(N(C)C)C2. The lowest BCUT2D eigenvalue weighted by atomic mass is 9.96. The third-order valence-electron chi connectivity index (χ3n) is 4.41. The molecule has 1 aromatic carbocycles. The summed E-state index contributed by atoms with van der Waals surface area (Å²) in [6.45, 7) is 0.918. The number of nitrogens with zero attached hydrogens (tertiary/aromatic N) is 3. The maximum absolute atomic E-state index is 5.48. The van der Waals surface area contributed by atoms with Crippen molar-refractivity contribution in [2.24, 2.45) is 0 Å². The normalized spacial score (nSPS) is 17.1. The number of rotatable bonds is 4. The van der Waals surface area contributed by atoms with Crippen LogP contribution in [-0.2, 0) is 6.42 Å². The summed E-state index contributed by atoms with van der Waals surface area (Å²) in [7, 11) is 7.59. The van der Waals surface area contributed by atoms with Crippen LogP contribution in [0, 0.1) is 0 Å². The highest BCUT2D eigenvalue weighted by molar-refractivity contribution is 5.71. The Morgan fingerprint density at radius 3 is 2.52 bits per heavy atom. The van der Waals surface area contributed by atoms with Gasteiger partial charge in [-0.25, -0.2) is 0 Å². The second-order valence-electron chi connectivity index (χ2n) is 5.98. The van der Waals surface area contributed by atoms with Gasteiger partial charge in [0, 0.05) is 30.5 Å². The van der Waals surface area contributed by atoms with Crippen LogP contribution in [0.5, 0.6) is 11.5 Å². The van der Waals surface area contributed by atoms with E-state index in [0.29, 0.717) is 6.04 Å². The molecule has 0 N–H and O–H groups in total. The van der Waals surface area contributed by atoms with E-state index < -0.39 is 0 Å². The van der Waals surface area contributed by atoms with Crippen LogP contribution in [0.1, 0.15) is 5.56 Å². The number of methoxy groups -OCH3 is 2. The summed E-state index contributed by atoms with van der Waals surface area (Å²) < 4.78 is 11.0. The van der Waals surface area contributed by atoms with E-state index in [1.807, 2.05) is 12.3 Å². The third-order valence-corrected chi connectivity index (χ3v) is 4.41. The molecule has 5 nitrogen and oxygen atoms in total. The van der Waals surface area contributed by atoms with Gasteiger partial charge in [0.25, 0.3) is 0 Å². The lowest BCUT2D eigenvalue weighted by Gasteiger charge is -2.39. The molecule has 1 unspecified atom stereocenters. The lowest BCUT2D eigenvalue weighted by Crippen LogP contribution is -2.43. The van der Waals surface area contributed by atoms with Crippen molar-refractivity contribution in [2.45, 2.75) is 12.5 Å². The van der Waals surface area contributed by atoms with E-state index in [9.17, 15) is 0 Å². The second-order valence-corrected chi connectivity index (χ2v) is 5.98. The number of pyridine rings is 1. The summed E-state index contributed by atoms with van der Waals surface area (Å²) >= 11 is 0. The molecule has 1 aromatic heterocycles. The van der Waals surface area contributed by atoms with Crippen molar-refractivity contribution in [3.63, 3.8) is 0 Å². The standard InChI is InChI=1S/C18H23N3O2/c1-20(2)15-8-13-9-17(22-3)18(23-4)10-16(13)21(12-15)14-6-5-7-19-11-14/h5-7,9-11,15H,8,12H2,1-4H3. The predicted octanol–water partition coefficient (Wildman–Crippen LogP) is 2.72. The highest BCUT2D eigenvalue weighted by Crippen LogP contribution is 2.41. The molecule has 0 saturated carbocycles. The van der Waals surface area contributed by atoms with Crippen molar-refractivity contribution in [3.8, 4) is 11.5 Å². The number of ether oxygens (including phenoxy) is 2. The highest BCUT2D eigenvalue weighted by Gasteiger charge is 2.28. The first-order valence-corrected chi connectivity index (χ1v) is 7.73. The molecule has 0 aliphatic carbocycles. The van der Waals surface area contributed by atoms with Crippen LogP contribution < -0.4 is 14.4 Å². The lowest BCUT2D eigenvalue weighted by molar-refractivity contribution is 0.290. The minimum Gasteiger partial charge on any atom is -0.493 e. The molecule has 2 heterocycles. The number of aromatic nitrogens is 1. The minimum atomic E-state index is 0.431. The Kier molecular flexibility index (Phi) is 4.39. The maximum atomic E-state index is 5.48. The van der Waals surface area contributed by atoms with Crippen molar-refractivity contribution >= 4 is 11.4 Å². The fraction of sp³-hybridized carbons (Fsp3) is 0.389. The van der Waals surface area contributed by atoms with Gasteiger partial charge >= 0.3 is 0 Å². The van der Waals surface area contributed by atoms with Gasteiger partial charge in [-0.2, -0.15) is 0 Å². The van der Waals surface area contributed by atoms with Crippen LogP contribution in [-0.4, -0.2) is 50.8 Å². The van der Waals surface area contributed by atoms with Crippen LogP contribution in [0.3, 0.4) is 0 Å². The Hall–Kier alpha value is -2.27. The quantitative estimate of drug-likeness (QED) is 0.867. The number of likely N-dealkylation sites (N-methyl/N-ethyl adjacent to an activating group) is 1. The Morgan fingerprint density at radius 1 is 1.17 bits per heavy atom.